The summed E-state index contributed by atoms with van der Waals surface area (Å²) >= 11 is 0. The van der Waals surface area contributed by atoms with Gasteiger partial charge in [-0.1, -0.05) is 125 Å². The highest BCUT2D eigenvalue weighted by Crippen LogP contribution is 2.74. The summed E-state index contributed by atoms with van der Waals surface area (Å²) in [5, 5.41) is 2.71. The number of fused-ring (bicyclic) bond motifs is 12. The number of phosphoric ester groups is 1. The van der Waals surface area contributed by atoms with Gasteiger partial charge in [0.25, 0.3) is 0 Å². The third-order valence-electron chi connectivity index (χ3n) is 22.6. The van der Waals surface area contributed by atoms with Crippen molar-refractivity contribution in [3.8, 4) is 51.0 Å². The van der Waals surface area contributed by atoms with E-state index in [0.29, 0.717) is 51.3 Å². The van der Waals surface area contributed by atoms with Crippen LogP contribution in [0.15, 0.2) is 129 Å². The maximum Gasteiger partial charge on any atom is 0.481 e. The van der Waals surface area contributed by atoms with Gasteiger partial charge in [-0.3, -0.25) is 40.5 Å². The van der Waals surface area contributed by atoms with Gasteiger partial charge in [-0.2, -0.15) is 0 Å². The molecule has 0 fully saturated rings. The maximum absolute atomic E-state index is 20.5. The van der Waals surface area contributed by atoms with Crippen molar-refractivity contribution in [2.24, 2.45) is 53.6 Å². The van der Waals surface area contributed by atoms with E-state index >= 15 is 4.57 Å². The van der Waals surface area contributed by atoms with Gasteiger partial charge in [0.2, 0.25) is 0 Å². The summed E-state index contributed by atoms with van der Waals surface area (Å²) < 4.78 is 84.6. The largest absolute Gasteiger partial charge is 0.497 e. The Balaban J connectivity index is 1.15. The maximum atomic E-state index is 20.5. The molecular formula is C84H102N15O7P. The fourth-order valence-corrected chi connectivity index (χ4v) is 21.8. The monoisotopic (exact) mass is 1460 g/mol. The molecule has 15 rings (SSSR count). The molecule has 22 nitrogen and oxygen atoms in total. The Hall–Kier alpha value is -9.73. The molecule has 23 heteroatoms. The van der Waals surface area contributed by atoms with Crippen molar-refractivity contribution in [1.82, 2.24) is 70.5 Å². The summed E-state index contributed by atoms with van der Waals surface area (Å²) in [6.45, 7) is 44.7. The Kier molecular flexibility index (Phi) is 16.3. The molecule has 0 bridgehead atoms. The molecule has 3 aromatic carbocycles. The van der Waals surface area contributed by atoms with Crippen molar-refractivity contribution in [3.05, 3.63) is 146 Å². The predicted octanol–water partition coefficient (Wildman–Crippen LogP) is 19.9. The molecule has 0 amide bonds. The summed E-state index contributed by atoms with van der Waals surface area (Å²) in [7, 11) is 5.48. The van der Waals surface area contributed by atoms with E-state index in [9.17, 15) is 0 Å². The molecule has 0 atom stereocenters. The van der Waals surface area contributed by atoms with Crippen LogP contribution in [0, 0.1) is 53.3 Å². The minimum absolute atomic E-state index is 0.531. The molecular weight excluding hydrogens is 1360 g/mol. The topological polar surface area (TPSA) is 193 Å². The molecule has 560 valence electrons. The molecule has 12 aromatic heterocycles. The average Bonchev–Trinajstić information content (AvgIpc) is 1.65. The smallest absolute Gasteiger partial charge is 0.481 e. The third-order valence-corrected chi connectivity index (χ3v) is 24.1. The molecule has 12 heterocycles. The molecule has 107 heavy (non-hydrogen) atoms. The zero-order valence-corrected chi connectivity index (χ0v) is 68.0. The lowest BCUT2D eigenvalue weighted by Gasteiger charge is -2.60. The lowest BCUT2D eigenvalue weighted by molar-refractivity contribution is -0.258. The number of benzene rings is 3. The molecule has 0 saturated heterocycles. The van der Waals surface area contributed by atoms with Crippen LogP contribution in [0.25, 0.3) is 117 Å². The number of hydrogen-bond acceptors (Lipinski definition) is 13. The number of aromatic nitrogens is 15. The van der Waals surface area contributed by atoms with E-state index in [0.717, 1.165) is 100.0 Å². The minimum Gasteiger partial charge on any atom is -0.497 e. The number of hydrogen-bond donors (Lipinski definition) is 0. The Morgan fingerprint density at radius 1 is 0.327 bits per heavy atom. The number of ether oxygens (including phenoxy) is 3. The van der Waals surface area contributed by atoms with Crippen LogP contribution < -0.4 is 14.2 Å². The third kappa shape index (κ3) is 10.4. The van der Waals surface area contributed by atoms with Gasteiger partial charge in [-0.25, -0.2) is 34.5 Å². The fraction of sp³-hybridized carbons (Fsp3) is 0.429. The molecule has 0 unspecified atom stereocenters. The van der Waals surface area contributed by atoms with Gasteiger partial charge in [0.05, 0.1) is 109 Å². The highest BCUT2D eigenvalue weighted by molar-refractivity contribution is 7.48. The van der Waals surface area contributed by atoms with Gasteiger partial charge in [0.15, 0.2) is 34.1 Å². The average molecular weight is 1460 g/mol. The number of aryl methyl sites for hydroxylation is 6. The molecule has 0 saturated carbocycles. The highest BCUT2D eigenvalue weighted by Gasteiger charge is 2.69. The van der Waals surface area contributed by atoms with Crippen molar-refractivity contribution in [1.29, 1.82) is 0 Å². The van der Waals surface area contributed by atoms with E-state index in [-0.39, 0.29) is 0 Å². The first kappa shape index (κ1) is 72.8. The predicted molar refractivity (Wildman–Crippen MR) is 427 cm³/mol. The lowest BCUT2D eigenvalue weighted by atomic mass is 9.67. The van der Waals surface area contributed by atoms with E-state index in [1.54, 1.807) is 21.3 Å². The van der Waals surface area contributed by atoms with E-state index < -0.39 is 57.5 Å². The number of nitrogens with zero attached hydrogens (tertiary/aromatic N) is 15. The quantitative estimate of drug-likeness (QED) is 0.0881. The molecule has 0 N–H and O–H groups in total. The second-order valence-electron chi connectivity index (χ2n) is 35.5. The van der Waals surface area contributed by atoms with E-state index in [2.05, 4.69) is 260 Å². The van der Waals surface area contributed by atoms with Gasteiger partial charge in [0, 0.05) is 122 Å². The zero-order chi connectivity index (χ0) is 77.1. The van der Waals surface area contributed by atoms with Crippen LogP contribution in [0.2, 0.25) is 0 Å². The first-order chi connectivity index (χ1) is 50.0. The lowest BCUT2D eigenvalue weighted by Crippen LogP contribution is -2.61. The number of methoxy groups -OCH3 is 3. The van der Waals surface area contributed by atoms with Gasteiger partial charge >= 0.3 is 7.82 Å². The van der Waals surface area contributed by atoms with Crippen molar-refractivity contribution < 1.29 is 32.3 Å². The standard InChI is InChI=1S/C84H102N15O7P/c1-49-85-40-52-43-88-73-70(94(49)52)37-67(61-46-91(22)64-31-28-55(101-25)34-58(61)64)97(73)82(76(4,5)6,77(7,8)9)104-107(100,105-83(78(10,11)12,79(13,14)15)98-68(38-71-74(98)89-44-53-41-86-50(2)95(53)71)62-47-92(23)65-32-29-56(102-26)35-59(62)65)106-84(80(16,17)18,81(19,20)21)99-69(39-72-75(99)90-45-54-42-87-51(3)96(54)72)63-48-93(24)66-33-30-57(103-27)36-60(63)66/h28-48H,1-27H3. The van der Waals surface area contributed by atoms with Crippen LogP contribution in [-0.4, -0.2) is 91.8 Å². The van der Waals surface area contributed by atoms with E-state index in [1.807, 2.05) is 76.2 Å². The number of imidazole rings is 3. The molecule has 0 aliphatic carbocycles. The summed E-state index contributed by atoms with van der Waals surface area (Å²) in [4.78, 5) is 31.4. The van der Waals surface area contributed by atoms with Crippen LogP contribution >= 0.6 is 7.82 Å². The number of phosphoric acid groups is 1. The summed E-state index contributed by atoms with van der Waals surface area (Å²) in [6, 6.07) is 24.9. The molecule has 0 aliphatic heterocycles. The fourth-order valence-electron chi connectivity index (χ4n) is 18.8. The van der Waals surface area contributed by atoms with Crippen LogP contribution in [0.4, 0.5) is 0 Å². The minimum atomic E-state index is -5.74. The molecule has 0 spiro atoms. The zero-order valence-electron chi connectivity index (χ0n) is 67.1. The summed E-state index contributed by atoms with van der Waals surface area (Å²) in [5.74, 6) is 4.28. The Labute approximate surface area is 624 Å². The molecule has 0 aliphatic rings. The van der Waals surface area contributed by atoms with Gasteiger partial charge in [-0.05, 0) is 93.6 Å². The summed E-state index contributed by atoms with van der Waals surface area (Å²) in [6.07, 6.45) is 17.5. The first-order valence-electron chi connectivity index (χ1n) is 36.7. The van der Waals surface area contributed by atoms with E-state index in [1.165, 1.54) is 0 Å². The molecule has 0 radical (unpaired) electrons. The Bertz CT molecular complexity index is 5540. The second kappa shape index (κ2) is 23.9. The highest BCUT2D eigenvalue weighted by atomic mass is 31.2. The Morgan fingerprint density at radius 2 is 0.561 bits per heavy atom. The van der Waals surface area contributed by atoms with Crippen LogP contribution in [0.1, 0.15) is 142 Å². The van der Waals surface area contributed by atoms with Crippen LogP contribution in [0.5, 0.6) is 17.2 Å². The second-order valence-corrected chi connectivity index (χ2v) is 36.9. The Morgan fingerprint density at radius 3 is 0.785 bits per heavy atom. The number of rotatable bonds is 15. The van der Waals surface area contributed by atoms with Crippen molar-refractivity contribution >= 4 is 90.6 Å². The van der Waals surface area contributed by atoms with Crippen molar-refractivity contribution in [2.45, 2.75) is 163 Å². The van der Waals surface area contributed by atoms with Crippen molar-refractivity contribution in [3.63, 3.8) is 0 Å². The summed E-state index contributed by atoms with van der Waals surface area (Å²) in [5.41, 5.74) is 1.53. The van der Waals surface area contributed by atoms with Crippen molar-refractivity contribution in [2.75, 3.05) is 21.3 Å². The van der Waals surface area contributed by atoms with Crippen LogP contribution in [0.3, 0.4) is 0 Å². The molecule has 15 aromatic rings. The normalized spacial score (nSPS) is 13.9. The van der Waals surface area contributed by atoms with Gasteiger partial charge < -0.3 is 27.9 Å². The SMILES string of the molecule is COc1ccc2c(c1)c(-c1cc3c(ncc4cnc(C)n43)n1C(OP(=O)(OC(n1c(-c3cn(C)c4ccc(OC)cc34)cc3c1ncc1cnc(C)n13)(C(C)(C)C)C(C)(C)C)OC(n1c(-c3cn(C)c4ccc(OC)cc34)cc3c1ncc1cnc(C)n13)(C(C)(C)C)C(C)(C)C)(C(C)(C)C)C(C)(C)C)cn2C. The van der Waals surface area contributed by atoms with Gasteiger partial charge in [-0.15, -0.1) is 0 Å². The first-order valence-corrected chi connectivity index (χ1v) is 38.1. The van der Waals surface area contributed by atoms with E-state index in [4.69, 9.17) is 57.7 Å². The van der Waals surface area contributed by atoms with Crippen LogP contribution in [-0.2, 0) is 56.5 Å². The van der Waals surface area contributed by atoms with Gasteiger partial charge in [0.1, 0.15) is 34.7 Å².